The molecule has 2 heterocycles. The van der Waals surface area contributed by atoms with Crippen molar-refractivity contribution >= 4 is 6.29 Å². The fraction of sp³-hybridized carbons (Fsp3) is 0.552. The summed E-state index contributed by atoms with van der Waals surface area (Å²) in [6, 6.07) is 11.3. The second kappa shape index (κ2) is 11.7. The first kappa shape index (κ1) is 24.6. The summed E-state index contributed by atoms with van der Waals surface area (Å²) in [5.74, 6) is 3.24. The Balaban J connectivity index is 1.48. The first-order valence-electron chi connectivity index (χ1n) is 13.0. The predicted molar refractivity (Wildman–Crippen MR) is 135 cm³/mol. The molecule has 1 saturated heterocycles. The van der Waals surface area contributed by atoms with E-state index in [9.17, 15) is 4.79 Å². The number of hydrogen-bond acceptors (Lipinski definition) is 5. The van der Waals surface area contributed by atoms with Crippen LogP contribution in [0, 0.1) is 6.92 Å². The highest BCUT2D eigenvalue weighted by molar-refractivity contribution is 5.53. The van der Waals surface area contributed by atoms with Crippen LogP contribution >= 0.6 is 0 Å². The molecule has 184 valence electrons. The average Bonchev–Trinajstić information content (AvgIpc) is 3.47. The third kappa shape index (κ3) is 5.57. The molecule has 0 bridgehead atoms. The first-order valence-corrected chi connectivity index (χ1v) is 13.0. The molecule has 0 aromatic heterocycles. The van der Waals surface area contributed by atoms with Crippen LogP contribution in [0.25, 0.3) is 0 Å². The smallest absolute Gasteiger partial charge is 0.231 e. The standard InChI is InChI=1S/C29H39NO4/c1-4-6-15-32-28-21(3)9-7-10-22(28)11-12-26-17-25(19-30(26)13-14-31)24-16-23(8-5-2)29-27(18-24)33-20-34-29/h7,9-10,14,16,18,25-26H,4-6,8,11-13,15,17,19-20H2,1-3H3. The number of ether oxygens (including phenoxy) is 3. The van der Waals surface area contributed by atoms with Gasteiger partial charge in [-0.25, -0.2) is 0 Å². The van der Waals surface area contributed by atoms with Gasteiger partial charge in [0.25, 0.3) is 0 Å². The van der Waals surface area contributed by atoms with Gasteiger partial charge in [0.2, 0.25) is 6.79 Å². The number of benzene rings is 2. The Labute approximate surface area is 204 Å². The van der Waals surface area contributed by atoms with Gasteiger partial charge >= 0.3 is 0 Å². The van der Waals surface area contributed by atoms with Crippen LogP contribution in [0.15, 0.2) is 30.3 Å². The Hall–Kier alpha value is -2.53. The summed E-state index contributed by atoms with van der Waals surface area (Å²) in [4.78, 5) is 13.8. The molecule has 2 aliphatic heterocycles. The maximum absolute atomic E-state index is 11.5. The highest BCUT2D eigenvalue weighted by Crippen LogP contribution is 2.42. The lowest BCUT2D eigenvalue weighted by molar-refractivity contribution is -0.109. The summed E-state index contributed by atoms with van der Waals surface area (Å²) in [5, 5.41) is 0. The SMILES string of the molecule is CCCCOc1c(C)cccc1CCC1CC(c2cc(CCC)c3c(c2)OCO3)CN1CC=O. The molecule has 0 spiro atoms. The zero-order valence-corrected chi connectivity index (χ0v) is 21.0. The largest absolute Gasteiger partial charge is 0.493 e. The van der Waals surface area contributed by atoms with E-state index in [-0.39, 0.29) is 0 Å². The number of carbonyl (C=O) groups is 1. The van der Waals surface area contributed by atoms with Gasteiger partial charge in [-0.3, -0.25) is 4.90 Å². The fourth-order valence-electron chi connectivity index (χ4n) is 5.40. The fourth-order valence-corrected chi connectivity index (χ4v) is 5.40. The van der Waals surface area contributed by atoms with E-state index in [0.717, 1.165) is 81.6 Å². The van der Waals surface area contributed by atoms with Crippen LogP contribution in [-0.4, -0.2) is 43.7 Å². The van der Waals surface area contributed by atoms with Gasteiger partial charge in [0.1, 0.15) is 12.0 Å². The summed E-state index contributed by atoms with van der Waals surface area (Å²) >= 11 is 0. The second-order valence-electron chi connectivity index (χ2n) is 9.67. The first-order chi connectivity index (χ1) is 16.6. The molecule has 0 radical (unpaired) electrons. The van der Waals surface area contributed by atoms with Crippen molar-refractivity contribution in [1.29, 1.82) is 0 Å². The van der Waals surface area contributed by atoms with Crippen molar-refractivity contribution in [2.24, 2.45) is 0 Å². The van der Waals surface area contributed by atoms with E-state index in [1.807, 2.05) is 0 Å². The van der Waals surface area contributed by atoms with Gasteiger partial charge in [-0.05, 0) is 73.3 Å². The highest BCUT2D eigenvalue weighted by Gasteiger charge is 2.34. The number of carbonyl (C=O) groups excluding carboxylic acids is 1. The molecule has 0 amide bonds. The highest BCUT2D eigenvalue weighted by atomic mass is 16.7. The molecule has 2 aromatic carbocycles. The summed E-state index contributed by atoms with van der Waals surface area (Å²) in [6.45, 7) is 8.97. The van der Waals surface area contributed by atoms with Gasteiger partial charge in [-0.1, -0.05) is 51.0 Å². The number of rotatable bonds is 12. The normalized spacial score (nSPS) is 19.5. The molecular weight excluding hydrogens is 426 g/mol. The van der Waals surface area contributed by atoms with Crippen molar-refractivity contribution in [2.45, 2.75) is 77.7 Å². The van der Waals surface area contributed by atoms with Crippen molar-refractivity contribution in [2.75, 3.05) is 26.5 Å². The van der Waals surface area contributed by atoms with E-state index < -0.39 is 0 Å². The lowest BCUT2D eigenvalue weighted by Gasteiger charge is -2.22. The molecule has 5 nitrogen and oxygen atoms in total. The Morgan fingerprint density at radius 2 is 2.00 bits per heavy atom. The number of aryl methyl sites for hydroxylation is 3. The van der Waals surface area contributed by atoms with Crippen molar-refractivity contribution in [3.05, 3.63) is 52.6 Å². The quantitative estimate of drug-likeness (QED) is 0.291. The Bertz CT molecular complexity index is 973. The minimum absolute atomic E-state index is 0.305. The maximum Gasteiger partial charge on any atom is 0.231 e. The lowest BCUT2D eigenvalue weighted by atomic mass is 9.91. The molecule has 2 aromatic rings. The molecule has 0 aliphatic carbocycles. The molecule has 0 saturated carbocycles. The summed E-state index contributed by atoms with van der Waals surface area (Å²) < 4.78 is 17.7. The molecule has 1 fully saturated rings. The summed E-state index contributed by atoms with van der Waals surface area (Å²) in [7, 11) is 0. The Morgan fingerprint density at radius 1 is 1.12 bits per heavy atom. The Kier molecular flexibility index (Phi) is 8.49. The van der Waals surface area contributed by atoms with Crippen LogP contribution in [-0.2, 0) is 17.6 Å². The van der Waals surface area contributed by atoms with E-state index in [0.29, 0.717) is 25.3 Å². The zero-order chi connectivity index (χ0) is 23.9. The minimum atomic E-state index is 0.305. The molecule has 34 heavy (non-hydrogen) atoms. The average molecular weight is 466 g/mol. The van der Waals surface area contributed by atoms with Crippen LogP contribution in [0.2, 0.25) is 0 Å². The van der Waals surface area contributed by atoms with E-state index in [2.05, 4.69) is 56.0 Å². The number of fused-ring (bicyclic) bond motifs is 1. The molecule has 0 N–H and O–H groups in total. The lowest BCUT2D eigenvalue weighted by Crippen LogP contribution is -2.31. The minimum Gasteiger partial charge on any atom is -0.493 e. The molecule has 5 heteroatoms. The number of unbranched alkanes of at least 4 members (excludes halogenated alkanes) is 1. The van der Waals surface area contributed by atoms with Crippen molar-refractivity contribution < 1.29 is 19.0 Å². The van der Waals surface area contributed by atoms with Gasteiger partial charge in [-0.2, -0.15) is 0 Å². The molecule has 2 aliphatic rings. The van der Waals surface area contributed by atoms with E-state index in [4.69, 9.17) is 14.2 Å². The van der Waals surface area contributed by atoms with Crippen molar-refractivity contribution in [3.63, 3.8) is 0 Å². The topological polar surface area (TPSA) is 48.0 Å². The molecule has 2 atom stereocenters. The van der Waals surface area contributed by atoms with Crippen molar-refractivity contribution in [1.82, 2.24) is 4.90 Å². The zero-order valence-electron chi connectivity index (χ0n) is 21.0. The number of nitrogens with zero attached hydrogens (tertiary/aromatic N) is 1. The van der Waals surface area contributed by atoms with Gasteiger partial charge in [-0.15, -0.1) is 0 Å². The van der Waals surface area contributed by atoms with Crippen LogP contribution in [0.1, 0.15) is 74.1 Å². The van der Waals surface area contributed by atoms with E-state index in [1.54, 1.807) is 0 Å². The van der Waals surface area contributed by atoms with Gasteiger partial charge in [0.15, 0.2) is 11.5 Å². The number of para-hydroxylation sites is 1. The van der Waals surface area contributed by atoms with Crippen LogP contribution in [0.3, 0.4) is 0 Å². The predicted octanol–water partition coefficient (Wildman–Crippen LogP) is 5.84. The van der Waals surface area contributed by atoms with Crippen molar-refractivity contribution in [3.8, 4) is 17.2 Å². The second-order valence-corrected chi connectivity index (χ2v) is 9.67. The van der Waals surface area contributed by atoms with Gasteiger partial charge in [0, 0.05) is 12.6 Å². The third-order valence-electron chi connectivity index (χ3n) is 7.18. The van der Waals surface area contributed by atoms with Crippen LogP contribution in [0.4, 0.5) is 0 Å². The summed E-state index contributed by atoms with van der Waals surface area (Å²) in [5.41, 5.74) is 5.03. The van der Waals surface area contributed by atoms with Gasteiger partial charge in [0.05, 0.1) is 13.2 Å². The summed E-state index contributed by atoms with van der Waals surface area (Å²) in [6.07, 6.45) is 8.33. The number of likely N-dealkylation sites (tertiary alicyclic amines) is 1. The van der Waals surface area contributed by atoms with Crippen LogP contribution < -0.4 is 14.2 Å². The van der Waals surface area contributed by atoms with Crippen LogP contribution in [0.5, 0.6) is 17.2 Å². The molecular formula is C29H39NO4. The number of aldehydes is 1. The maximum atomic E-state index is 11.5. The third-order valence-corrected chi connectivity index (χ3v) is 7.18. The van der Waals surface area contributed by atoms with Gasteiger partial charge < -0.3 is 19.0 Å². The molecule has 4 rings (SSSR count). The van der Waals surface area contributed by atoms with E-state index in [1.165, 1.54) is 22.3 Å². The van der Waals surface area contributed by atoms with E-state index >= 15 is 0 Å². The number of hydrogen-bond donors (Lipinski definition) is 0. The Morgan fingerprint density at radius 3 is 2.79 bits per heavy atom. The monoisotopic (exact) mass is 465 g/mol. The molecule has 2 unspecified atom stereocenters.